The molecule has 3 atom stereocenters. The van der Waals surface area contributed by atoms with Crippen molar-refractivity contribution in [1.82, 2.24) is 15.4 Å². The molecule has 3 unspecified atom stereocenters. The molecule has 2 fully saturated rings. The largest absolute Gasteiger partial charge is 0.299 e. The molecule has 17 heavy (non-hydrogen) atoms. The number of hydrazine groups is 2. The number of nitrogens with two attached hydrogens (primary N) is 1. The molecule has 0 aliphatic carbocycles. The van der Waals surface area contributed by atoms with Crippen molar-refractivity contribution in [1.29, 1.82) is 0 Å². The zero-order valence-corrected chi connectivity index (χ0v) is 11.4. The fourth-order valence-corrected chi connectivity index (χ4v) is 3.37. The summed E-state index contributed by atoms with van der Waals surface area (Å²) in [5.41, 5.74) is 0. The first-order valence-electron chi connectivity index (χ1n) is 7.30. The Morgan fingerprint density at radius 1 is 1.24 bits per heavy atom. The lowest BCUT2D eigenvalue weighted by molar-refractivity contribution is -0.0895. The fourth-order valence-electron chi connectivity index (χ4n) is 3.37. The maximum atomic E-state index is 6.33. The molecule has 0 saturated carbocycles. The quantitative estimate of drug-likeness (QED) is 0.721. The average molecular weight is 240 g/mol. The molecule has 2 saturated heterocycles. The second-order valence-corrected chi connectivity index (χ2v) is 5.50. The van der Waals surface area contributed by atoms with E-state index in [2.05, 4.69) is 24.2 Å². The third kappa shape index (κ3) is 2.99. The lowest BCUT2D eigenvalue weighted by Crippen LogP contribution is -2.59. The van der Waals surface area contributed by atoms with Gasteiger partial charge in [0.05, 0.1) is 6.17 Å². The molecule has 2 aliphatic rings. The van der Waals surface area contributed by atoms with E-state index in [1.807, 2.05) is 5.12 Å². The molecule has 0 amide bonds. The van der Waals surface area contributed by atoms with Gasteiger partial charge in [-0.15, -0.1) is 0 Å². The topological polar surface area (TPSA) is 44.5 Å². The Morgan fingerprint density at radius 2 is 2.06 bits per heavy atom. The summed E-state index contributed by atoms with van der Waals surface area (Å²) in [6, 6.07) is 0.653. The lowest BCUT2D eigenvalue weighted by Gasteiger charge is -2.38. The van der Waals surface area contributed by atoms with Crippen LogP contribution in [0.2, 0.25) is 0 Å². The van der Waals surface area contributed by atoms with Crippen molar-refractivity contribution in [2.75, 3.05) is 13.1 Å². The second-order valence-electron chi connectivity index (χ2n) is 5.50. The smallest absolute Gasteiger partial charge is 0.0894 e. The summed E-state index contributed by atoms with van der Waals surface area (Å²) >= 11 is 0. The Morgan fingerprint density at radius 3 is 2.76 bits per heavy atom. The van der Waals surface area contributed by atoms with Gasteiger partial charge in [-0.25, -0.2) is 5.01 Å². The van der Waals surface area contributed by atoms with E-state index >= 15 is 0 Å². The van der Waals surface area contributed by atoms with E-state index in [-0.39, 0.29) is 0 Å². The van der Waals surface area contributed by atoms with E-state index in [9.17, 15) is 0 Å². The minimum absolute atomic E-state index is 0.336. The van der Waals surface area contributed by atoms with Crippen LogP contribution in [0.4, 0.5) is 0 Å². The van der Waals surface area contributed by atoms with Gasteiger partial charge in [-0.2, -0.15) is 5.12 Å². The van der Waals surface area contributed by atoms with Gasteiger partial charge in [0.25, 0.3) is 0 Å². The zero-order valence-electron chi connectivity index (χ0n) is 11.4. The van der Waals surface area contributed by atoms with E-state index in [1.54, 1.807) is 0 Å². The van der Waals surface area contributed by atoms with Crippen LogP contribution in [-0.4, -0.2) is 35.4 Å². The summed E-state index contributed by atoms with van der Waals surface area (Å²) < 4.78 is 0. The fraction of sp³-hybridized carbons (Fsp3) is 1.00. The molecule has 4 nitrogen and oxygen atoms in total. The Balaban J connectivity index is 2.19. The Bertz CT molecular complexity index is 233. The molecule has 2 rings (SSSR count). The first-order chi connectivity index (χ1) is 8.26. The molecule has 2 aliphatic heterocycles. The van der Waals surface area contributed by atoms with Gasteiger partial charge in [0.15, 0.2) is 0 Å². The molecule has 4 heteroatoms. The molecule has 0 radical (unpaired) electrons. The van der Waals surface area contributed by atoms with Crippen LogP contribution >= 0.6 is 0 Å². The number of hydrogen-bond acceptors (Lipinski definition) is 4. The minimum atomic E-state index is 0.336. The van der Waals surface area contributed by atoms with Crippen molar-refractivity contribution in [3.8, 4) is 0 Å². The molecule has 2 bridgehead atoms. The van der Waals surface area contributed by atoms with Crippen LogP contribution in [-0.2, 0) is 0 Å². The van der Waals surface area contributed by atoms with E-state index < -0.39 is 0 Å². The highest BCUT2D eigenvalue weighted by molar-refractivity contribution is 4.83. The lowest BCUT2D eigenvalue weighted by atomic mass is 9.90. The van der Waals surface area contributed by atoms with Gasteiger partial charge in [0.1, 0.15) is 0 Å². The third-order valence-corrected chi connectivity index (χ3v) is 4.44. The second kappa shape index (κ2) is 6.14. The molecule has 0 aromatic heterocycles. The van der Waals surface area contributed by atoms with Gasteiger partial charge >= 0.3 is 0 Å². The van der Waals surface area contributed by atoms with E-state index in [4.69, 9.17) is 5.84 Å². The van der Waals surface area contributed by atoms with Crippen molar-refractivity contribution < 1.29 is 0 Å². The summed E-state index contributed by atoms with van der Waals surface area (Å²) in [7, 11) is 0. The van der Waals surface area contributed by atoms with Gasteiger partial charge in [-0.05, 0) is 38.1 Å². The number of rotatable bonds is 2. The minimum Gasteiger partial charge on any atom is -0.299 e. The van der Waals surface area contributed by atoms with Crippen LogP contribution in [0.15, 0.2) is 0 Å². The molecule has 0 aromatic carbocycles. The summed E-state index contributed by atoms with van der Waals surface area (Å²) in [4.78, 5) is 0. The van der Waals surface area contributed by atoms with E-state index in [0.717, 1.165) is 19.0 Å². The molecular formula is C13H28N4. The van der Waals surface area contributed by atoms with Crippen molar-refractivity contribution in [2.45, 2.75) is 64.6 Å². The maximum Gasteiger partial charge on any atom is 0.0894 e. The van der Waals surface area contributed by atoms with Crippen molar-refractivity contribution in [2.24, 2.45) is 11.8 Å². The van der Waals surface area contributed by atoms with Crippen molar-refractivity contribution in [3.63, 3.8) is 0 Å². The SMILES string of the molecule is CCC1CC2NCCCCC(C1)N(CC)N2N. The standard InChI is InChI=1S/C13H28N4/c1-3-11-9-12-7-5-6-8-15-13(10-11)17(14)16(12)4-2/h11-13,15H,3-10,14H2,1-2H3. The van der Waals surface area contributed by atoms with Crippen molar-refractivity contribution >= 4 is 0 Å². The third-order valence-electron chi connectivity index (χ3n) is 4.44. The van der Waals surface area contributed by atoms with Gasteiger partial charge in [-0.1, -0.05) is 26.7 Å². The Kier molecular flexibility index (Phi) is 4.79. The zero-order chi connectivity index (χ0) is 12.3. The van der Waals surface area contributed by atoms with Gasteiger partial charge in [0, 0.05) is 12.6 Å². The van der Waals surface area contributed by atoms with Gasteiger partial charge in [-0.3, -0.25) is 11.2 Å². The van der Waals surface area contributed by atoms with Gasteiger partial charge in [0.2, 0.25) is 0 Å². The highest BCUT2D eigenvalue weighted by Gasteiger charge is 2.34. The molecule has 0 aromatic rings. The van der Waals surface area contributed by atoms with Crippen LogP contribution < -0.4 is 11.2 Å². The molecule has 0 spiro atoms. The first kappa shape index (κ1) is 13.3. The summed E-state index contributed by atoms with van der Waals surface area (Å²) in [5.74, 6) is 7.15. The highest BCUT2D eigenvalue weighted by Crippen LogP contribution is 2.29. The van der Waals surface area contributed by atoms with Crippen LogP contribution in [0.1, 0.15) is 52.4 Å². The highest BCUT2D eigenvalue weighted by atomic mass is 15.8. The Hall–Kier alpha value is -0.160. The predicted octanol–water partition coefficient (Wildman–Crippen LogP) is 1.69. The monoisotopic (exact) mass is 240 g/mol. The van der Waals surface area contributed by atoms with Crippen LogP contribution in [0.5, 0.6) is 0 Å². The number of hydrogen-bond donors (Lipinski definition) is 2. The Labute approximate surface area is 105 Å². The average Bonchev–Trinajstić information content (AvgIpc) is 2.43. The van der Waals surface area contributed by atoms with Crippen LogP contribution in [0.25, 0.3) is 0 Å². The summed E-state index contributed by atoms with van der Waals surface area (Å²) in [5, 5.41) is 8.01. The maximum absolute atomic E-state index is 6.33. The molecule has 3 N–H and O–H groups in total. The number of fused-ring (bicyclic) bond motifs is 3. The normalized spacial score (nSPS) is 37.2. The number of nitrogens with zero attached hydrogens (tertiary/aromatic N) is 2. The van der Waals surface area contributed by atoms with E-state index in [0.29, 0.717) is 12.2 Å². The summed E-state index contributed by atoms with van der Waals surface area (Å²) in [6.07, 6.45) is 8.03. The predicted molar refractivity (Wildman–Crippen MR) is 70.9 cm³/mol. The van der Waals surface area contributed by atoms with Crippen LogP contribution in [0.3, 0.4) is 0 Å². The first-order valence-corrected chi connectivity index (χ1v) is 7.30. The van der Waals surface area contributed by atoms with Crippen LogP contribution in [0, 0.1) is 5.92 Å². The molecular weight excluding hydrogens is 212 g/mol. The number of nitrogens with one attached hydrogen (secondary N) is 1. The van der Waals surface area contributed by atoms with E-state index in [1.165, 1.54) is 38.5 Å². The molecule has 2 heterocycles. The van der Waals surface area contributed by atoms with Crippen molar-refractivity contribution in [3.05, 3.63) is 0 Å². The van der Waals surface area contributed by atoms with Gasteiger partial charge < -0.3 is 0 Å². The summed E-state index contributed by atoms with van der Waals surface area (Å²) in [6.45, 7) is 6.66. The molecule has 100 valence electrons.